The molecule has 2 aromatic rings. The fourth-order valence-electron chi connectivity index (χ4n) is 2.40. The van der Waals surface area contributed by atoms with E-state index in [0.717, 1.165) is 11.1 Å². The Morgan fingerprint density at radius 2 is 1.85 bits per heavy atom. The van der Waals surface area contributed by atoms with Crippen molar-refractivity contribution >= 4 is 11.7 Å². The maximum atomic E-state index is 11.2. The molecule has 2 rings (SSSR count). The monoisotopic (exact) mass is 371 g/mol. The van der Waals surface area contributed by atoms with Gasteiger partial charge in [-0.05, 0) is 37.1 Å². The third-order valence-electron chi connectivity index (χ3n) is 3.70. The van der Waals surface area contributed by atoms with Gasteiger partial charge in [0.1, 0.15) is 19.0 Å². The molecule has 144 valence electrons. The highest BCUT2D eigenvalue weighted by molar-refractivity contribution is 5.82. The van der Waals surface area contributed by atoms with E-state index in [0.29, 0.717) is 24.7 Å². The van der Waals surface area contributed by atoms with Gasteiger partial charge in [0.05, 0.1) is 5.71 Å². The van der Waals surface area contributed by atoms with Crippen LogP contribution in [0.4, 0.5) is 0 Å². The lowest BCUT2D eigenvalue weighted by Crippen LogP contribution is -2.26. The van der Waals surface area contributed by atoms with E-state index < -0.39 is 12.1 Å². The zero-order chi connectivity index (χ0) is 19.5. The summed E-state index contributed by atoms with van der Waals surface area (Å²) in [6, 6.07) is 17.1. The number of carboxylic acids is 1. The highest BCUT2D eigenvalue weighted by atomic mass is 16.6. The van der Waals surface area contributed by atoms with Gasteiger partial charge in [0.2, 0.25) is 0 Å². The van der Waals surface area contributed by atoms with Gasteiger partial charge in [0.25, 0.3) is 0 Å². The first-order valence-corrected chi connectivity index (χ1v) is 8.84. The second-order valence-electron chi connectivity index (χ2n) is 6.01. The molecule has 2 aromatic carbocycles. The number of benzene rings is 2. The van der Waals surface area contributed by atoms with Crippen molar-refractivity contribution in [1.29, 1.82) is 0 Å². The largest absolute Gasteiger partial charge is 0.488 e. The molecular weight excluding hydrogens is 346 g/mol. The first-order chi connectivity index (χ1) is 13.1. The molecule has 0 fully saturated rings. The van der Waals surface area contributed by atoms with Crippen LogP contribution in [-0.2, 0) is 27.4 Å². The third-order valence-corrected chi connectivity index (χ3v) is 3.70. The summed E-state index contributed by atoms with van der Waals surface area (Å²) < 4.78 is 11.0. The summed E-state index contributed by atoms with van der Waals surface area (Å²) in [5, 5.41) is 13.2. The van der Waals surface area contributed by atoms with Crippen molar-refractivity contribution in [2.24, 2.45) is 5.16 Å². The predicted molar refractivity (Wildman–Crippen MR) is 103 cm³/mol. The summed E-state index contributed by atoms with van der Waals surface area (Å²) in [4.78, 5) is 16.5. The van der Waals surface area contributed by atoms with E-state index in [1.165, 1.54) is 0 Å². The van der Waals surface area contributed by atoms with Crippen LogP contribution in [0.15, 0.2) is 59.8 Å². The van der Waals surface area contributed by atoms with Gasteiger partial charge in [-0.2, -0.15) is 0 Å². The van der Waals surface area contributed by atoms with Gasteiger partial charge in [-0.25, -0.2) is 4.79 Å². The number of carboxylic acid groups (broad SMARTS) is 1. The number of aliphatic carboxylic acids is 1. The molecular formula is C21H25NO5. The standard InChI is InChI=1S/C21H25NO5/c1-3-25-20(21(23)24)13-18-10-7-11-19(12-18)26-14-16(2)22-27-15-17-8-5-4-6-9-17/h4-12,20H,3,13-15H2,1-2H3,(H,23,24)/b22-16+. The average Bonchev–Trinajstić information content (AvgIpc) is 2.67. The molecule has 0 radical (unpaired) electrons. The number of hydrogen-bond donors (Lipinski definition) is 1. The number of nitrogens with zero attached hydrogens (tertiary/aromatic N) is 1. The SMILES string of the molecule is CCOC(Cc1cccc(OC/C(C)=N/OCc2ccccc2)c1)C(=O)O. The number of rotatable bonds is 11. The van der Waals surface area contributed by atoms with Crippen molar-refractivity contribution < 1.29 is 24.2 Å². The van der Waals surface area contributed by atoms with Crippen molar-refractivity contribution in [1.82, 2.24) is 0 Å². The van der Waals surface area contributed by atoms with E-state index in [2.05, 4.69) is 5.16 Å². The van der Waals surface area contributed by atoms with E-state index >= 15 is 0 Å². The number of carbonyl (C=O) groups is 1. The fraction of sp³-hybridized carbons (Fsp3) is 0.333. The van der Waals surface area contributed by atoms with Gasteiger partial charge >= 0.3 is 5.97 Å². The lowest BCUT2D eigenvalue weighted by atomic mass is 10.1. The van der Waals surface area contributed by atoms with Crippen LogP contribution in [0.3, 0.4) is 0 Å². The van der Waals surface area contributed by atoms with Crippen LogP contribution in [0.2, 0.25) is 0 Å². The van der Waals surface area contributed by atoms with Gasteiger partial charge in [-0.3, -0.25) is 0 Å². The zero-order valence-electron chi connectivity index (χ0n) is 15.6. The number of oxime groups is 1. The maximum absolute atomic E-state index is 11.2. The Hall–Kier alpha value is -2.86. The molecule has 0 bridgehead atoms. The Balaban J connectivity index is 1.84. The molecule has 0 saturated carbocycles. The minimum atomic E-state index is -0.971. The second-order valence-corrected chi connectivity index (χ2v) is 6.01. The quantitative estimate of drug-likeness (QED) is 0.481. The second kappa shape index (κ2) is 11.0. The van der Waals surface area contributed by atoms with Crippen molar-refractivity contribution in [2.45, 2.75) is 33.0 Å². The predicted octanol–water partition coefficient (Wildman–Crippen LogP) is 3.69. The van der Waals surface area contributed by atoms with Crippen LogP contribution < -0.4 is 4.74 Å². The molecule has 0 saturated heterocycles. The van der Waals surface area contributed by atoms with Crippen LogP contribution in [-0.4, -0.2) is 36.1 Å². The molecule has 0 aliphatic rings. The Morgan fingerprint density at radius 1 is 1.11 bits per heavy atom. The maximum Gasteiger partial charge on any atom is 0.333 e. The van der Waals surface area contributed by atoms with E-state index in [-0.39, 0.29) is 13.0 Å². The van der Waals surface area contributed by atoms with Crippen molar-refractivity contribution in [2.75, 3.05) is 13.2 Å². The topological polar surface area (TPSA) is 77.3 Å². The summed E-state index contributed by atoms with van der Waals surface area (Å²) in [5.41, 5.74) is 2.59. The molecule has 0 aliphatic carbocycles. The highest BCUT2D eigenvalue weighted by Crippen LogP contribution is 2.16. The van der Waals surface area contributed by atoms with Crippen LogP contribution in [0.5, 0.6) is 5.75 Å². The Kier molecular flexibility index (Phi) is 8.32. The van der Waals surface area contributed by atoms with E-state index in [4.69, 9.17) is 14.3 Å². The van der Waals surface area contributed by atoms with Gasteiger partial charge in [0, 0.05) is 13.0 Å². The molecule has 6 heteroatoms. The highest BCUT2D eigenvalue weighted by Gasteiger charge is 2.18. The molecule has 6 nitrogen and oxygen atoms in total. The summed E-state index contributed by atoms with van der Waals surface area (Å²) in [5.74, 6) is -0.326. The van der Waals surface area contributed by atoms with Crippen molar-refractivity contribution in [3.8, 4) is 5.75 Å². The van der Waals surface area contributed by atoms with Crippen molar-refractivity contribution in [3.63, 3.8) is 0 Å². The van der Waals surface area contributed by atoms with Crippen molar-refractivity contribution in [3.05, 3.63) is 65.7 Å². The van der Waals surface area contributed by atoms with Gasteiger partial charge in [0.15, 0.2) is 6.10 Å². The molecule has 0 amide bonds. The van der Waals surface area contributed by atoms with Crippen LogP contribution >= 0.6 is 0 Å². The molecule has 1 atom stereocenters. The minimum Gasteiger partial charge on any atom is -0.488 e. The van der Waals surface area contributed by atoms with Gasteiger partial charge in [-0.1, -0.05) is 47.6 Å². The van der Waals surface area contributed by atoms with E-state index in [1.54, 1.807) is 6.92 Å². The zero-order valence-corrected chi connectivity index (χ0v) is 15.6. The van der Waals surface area contributed by atoms with Crippen LogP contribution in [0, 0.1) is 0 Å². The first kappa shape index (κ1) is 20.5. The fourth-order valence-corrected chi connectivity index (χ4v) is 2.40. The van der Waals surface area contributed by atoms with Crippen LogP contribution in [0.25, 0.3) is 0 Å². The molecule has 0 aliphatic heterocycles. The molecule has 0 aromatic heterocycles. The summed E-state index contributed by atoms with van der Waals surface area (Å²) in [6.45, 7) is 4.64. The normalized spacial score (nSPS) is 12.4. The Labute approximate surface area is 159 Å². The lowest BCUT2D eigenvalue weighted by Gasteiger charge is -2.13. The molecule has 1 N–H and O–H groups in total. The summed E-state index contributed by atoms with van der Waals surface area (Å²) in [6.07, 6.45) is -0.576. The third kappa shape index (κ3) is 7.50. The lowest BCUT2D eigenvalue weighted by molar-refractivity contribution is -0.149. The van der Waals surface area contributed by atoms with Crippen LogP contribution in [0.1, 0.15) is 25.0 Å². The molecule has 27 heavy (non-hydrogen) atoms. The molecule has 0 spiro atoms. The van der Waals surface area contributed by atoms with Gasteiger partial charge < -0.3 is 19.4 Å². The number of ether oxygens (including phenoxy) is 2. The minimum absolute atomic E-state index is 0.284. The van der Waals surface area contributed by atoms with Gasteiger partial charge in [-0.15, -0.1) is 0 Å². The smallest absolute Gasteiger partial charge is 0.333 e. The molecule has 0 heterocycles. The van der Waals surface area contributed by atoms with E-state index in [1.807, 2.05) is 61.5 Å². The number of hydrogen-bond acceptors (Lipinski definition) is 5. The molecule has 1 unspecified atom stereocenters. The Morgan fingerprint density at radius 3 is 2.56 bits per heavy atom. The summed E-state index contributed by atoms with van der Waals surface area (Å²) in [7, 11) is 0. The summed E-state index contributed by atoms with van der Waals surface area (Å²) >= 11 is 0. The van der Waals surface area contributed by atoms with E-state index in [9.17, 15) is 9.90 Å². The average molecular weight is 371 g/mol. The Bertz CT molecular complexity index is 745. The first-order valence-electron chi connectivity index (χ1n) is 8.84.